The van der Waals surface area contributed by atoms with Gasteiger partial charge >= 0.3 is 0 Å². The van der Waals surface area contributed by atoms with Gasteiger partial charge in [0.15, 0.2) is 11.6 Å². The van der Waals surface area contributed by atoms with Crippen molar-refractivity contribution in [1.82, 2.24) is 14.9 Å². The van der Waals surface area contributed by atoms with Gasteiger partial charge in [0, 0.05) is 42.5 Å². The third-order valence-corrected chi connectivity index (χ3v) is 4.14. The topological polar surface area (TPSA) is 46.1 Å². The molecular weight excluding hydrogens is 312 g/mol. The first-order valence-corrected chi connectivity index (χ1v) is 7.82. The largest absolute Gasteiger partial charge is 0.338 e. The number of carbonyl (C=O) groups excluding carboxylic acids is 1. The smallest absolute Gasteiger partial charge is 0.246 e. The number of likely N-dealkylation sites (tertiary alicyclic amines) is 1. The quantitative estimate of drug-likeness (QED) is 0.813. The Morgan fingerprint density at radius 3 is 2.96 bits per heavy atom. The molecule has 1 atom stereocenters. The van der Waals surface area contributed by atoms with Crippen LogP contribution in [-0.4, -0.2) is 33.9 Å². The average Bonchev–Trinajstić information content (AvgIpc) is 2.63. The molecule has 0 bridgehead atoms. The number of piperidine rings is 1. The van der Waals surface area contributed by atoms with Crippen LogP contribution in [0.15, 0.2) is 42.9 Å². The van der Waals surface area contributed by atoms with Gasteiger partial charge in [-0.2, -0.15) is 0 Å². The average molecular weight is 329 g/mol. The highest BCUT2D eigenvalue weighted by Crippen LogP contribution is 2.25. The number of rotatable bonds is 3. The van der Waals surface area contributed by atoms with E-state index in [1.807, 2.05) is 6.07 Å². The summed E-state index contributed by atoms with van der Waals surface area (Å²) in [6.07, 6.45) is 7.64. The van der Waals surface area contributed by atoms with Gasteiger partial charge in [0.1, 0.15) is 6.33 Å². The first-order valence-electron chi connectivity index (χ1n) is 7.82. The number of amides is 1. The highest BCUT2D eigenvalue weighted by atomic mass is 19.2. The minimum Gasteiger partial charge on any atom is -0.338 e. The van der Waals surface area contributed by atoms with Crippen molar-refractivity contribution in [2.24, 2.45) is 0 Å². The zero-order chi connectivity index (χ0) is 16.9. The van der Waals surface area contributed by atoms with Gasteiger partial charge in [-0.15, -0.1) is 0 Å². The van der Waals surface area contributed by atoms with Crippen molar-refractivity contribution in [1.29, 1.82) is 0 Å². The van der Waals surface area contributed by atoms with Gasteiger partial charge in [-0.25, -0.2) is 18.7 Å². The number of hydrogen-bond donors (Lipinski definition) is 0. The minimum absolute atomic E-state index is 0.0627. The maximum Gasteiger partial charge on any atom is 0.246 e. The molecule has 24 heavy (non-hydrogen) atoms. The highest BCUT2D eigenvalue weighted by Gasteiger charge is 2.24. The molecule has 0 spiro atoms. The number of aromatic nitrogens is 2. The Morgan fingerprint density at radius 2 is 2.17 bits per heavy atom. The molecule has 0 radical (unpaired) electrons. The molecule has 1 aromatic carbocycles. The summed E-state index contributed by atoms with van der Waals surface area (Å²) in [4.78, 5) is 22.2. The predicted molar refractivity (Wildman–Crippen MR) is 86.0 cm³/mol. The maximum absolute atomic E-state index is 13.6. The molecule has 1 aliphatic rings. The first-order chi connectivity index (χ1) is 11.6. The van der Waals surface area contributed by atoms with Gasteiger partial charge in [0.2, 0.25) is 5.91 Å². The Balaban J connectivity index is 1.68. The van der Waals surface area contributed by atoms with E-state index in [0.29, 0.717) is 13.1 Å². The summed E-state index contributed by atoms with van der Waals surface area (Å²) in [5, 5.41) is 0. The van der Waals surface area contributed by atoms with E-state index in [0.717, 1.165) is 24.6 Å². The van der Waals surface area contributed by atoms with Crippen molar-refractivity contribution in [2.75, 3.05) is 13.1 Å². The monoisotopic (exact) mass is 329 g/mol. The molecule has 1 saturated heterocycles. The molecule has 1 amide bonds. The molecule has 1 aromatic heterocycles. The summed E-state index contributed by atoms with van der Waals surface area (Å²) < 4.78 is 26.8. The maximum atomic E-state index is 13.6. The lowest BCUT2D eigenvalue weighted by molar-refractivity contribution is -0.127. The summed E-state index contributed by atoms with van der Waals surface area (Å²) >= 11 is 0. The molecule has 124 valence electrons. The van der Waals surface area contributed by atoms with Gasteiger partial charge in [-0.3, -0.25) is 4.79 Å². The van der Waals surface area contributed by atoms with Gasteiger partial charge in [0.25, 0.3) is 0 Å². The Bertz CT molecular complexity index is 749. The summed E-state index contributed by atoms with van der Waals surface area (Å²) in [7, 11) is 0. The van der Waals surface area contributed by atoms with E-state index in [1.165, 1.54) is 30.6 Å². The van der Waals surface area contributed by atoms with Crippen LogP contribution in [0, 0.1) is 11.6 Å². The second kappa shape index (κ2) is 7.29. The van der Waals surface area contributed by atoms with Crippen molar-refractivity contribution in [2.45, 2.75) is 18.8 Å². The van der Waals surface area contributed by atoms with Gasteiger partial charge in [-0.1, -0.05) is 12.1 Å². The predicted octanol–water partition coefficient (Wildman–Crippen LogP) is 3.17. The minimum atomic E-state index is -0.945. The summed E-state index contributed by atoms with van der Waals surface area (Å²) in [5.74, 6) is -1.91. The van der Waals surface area contributed by atoms with E-state index in [4.69, 9.17) is 0 Å². The van der Waals surface area contributed by atoms with E-state index in [-0.39, 0.29) is 17.4 Å². The van der Waals surface area contributed by atoms with Crippen molar-refractivity contribution >= 4 is 12.0 Å². The molecule has 0 aliphatic carbocycles. The Kier molecular flexibility index (Phi) is 4.93. The standard InChI is InChI=1S/C18H17F2N3O/c19-15-5-1-3-13(18(15)20)6-7-17(24)23-10-2-4-14(11-23)16-8-9-21-12-22-16/h1,3,5-9,12,14H,2,4,10-11H2. The zero-order valence-electron chi connectivity index (χ0n) is 13.0. The molecule has 2 aromatic rings. The molecule has 0 saturated carbocycles. The molecule has 0 N–H and O–H groups in total. The molecule has 4 nitrogen and oxygen atoms in total. The Hall–Kier alpha value is -2.63. The second-order valence-corrected chi connectivity index (χ2v) is 5.73. The highest BCUT2D eigenvalue weighted by molar-refractivity contribution is 5.91. The van der Waals surface area contributed by atoms with Crippen LogP contribution in [0.5, 0.6) is 0 Å². The van der Waals surface area contributed by atoms with Gasteiger partial charge in [-0.05, 0) is 31.1 Å². The Labute approximate surface area is 138 Å². The lowest BCUT2D eigenvalue weighted by Crippen LogP contribution is -2.38. The Morgan fingerprint density at radius 1 is 1.29 bits per heavy atom. The van der Waals surface area contributed by atoms with Crippen LogP contribution in [0.3, 0.4) is 0 Å². The lowest BCUT2D eigenvalue weighted by atomic mass is 9.94. The number of hydrogen-bond acceptors (Lipinski definition) is 3. The molecule has 3 rings (SSSR count). The normalized spacial score (nSPS) is 18.1. The number of carbonyl (C=O) groups is 1. The van der Waals surface area contributed by atoms with Crippen LogP contribution in [0.1, 0.15) is 30.0 Å². The number of benzene rings is 1. The van der Waals surface area contributed by atoms with Crippen molar-refractivity contribution < 1.29 is 13.6 Å². The molecule has 2 heterocycles. The SMILES string of the molecule is O=C(C=Cc1cccc(F)c1F)N1CCCC(c2ccncn2)C1. The fourth-order valence-corrected chi connectivity index (χ4v) is 2.88. The van der Waals surface area contributed by atoms with E-state index >= 15 is 0 Å². The van der Waals surface area contributed by atoms with Crippen LogP contribution >= 0.6 is 0 Å². The molecule has 1 fully saturated rings. The van der Waals surface area contributed by atoms with Crippen LogP contribution in [0.25, 0.3) is 6.08 Å². The van der Waals surface area contributed by atoms with Crippen LogP contribution in [0.2, 0.25) is 0 Å². The summed E-state index contributed by atoms with van der Waals surface area (Å²) in [6, 6.07) is 5.75. The van der Waals surface area contributed by atoms with Gasteiger partial charge in [0.05, 0.1) is 0 Å². The van der Waals surface area contributed by atoms with Crippen LogP contribution < -0.4 is 0 Å². The van der Waals surface area contributed by atoms with E-state index in [2.05, 4.69) is 9.97 Å². The van der Waals surface area contributed by atoms with E-state index < -0.39 is 11.6 Å². The van der Waals surface area contributed by atoms with Crippen molar-refractivity contribution in [3.05, 3.63) is 65.8 Å². The zero-order valence-corrected chi connectivity index (χ0v) is 13.0. The molecule has 6 heteroatoms. The third kappa shape index (κ3) is 3.64. The fourth-order valence-electron chi connectivity index (χ4n) is 2.88. The summed E-state index contributed by atoms with van der Waals surface area (Å²) in [5.41, 5.74) is 0.982. The van der Waals surface area contributed by atoms with Gasteiger partial charge < -0.3 is 4.90 Å². The first kappa shape index (κ1) is 16.2. The number of halogens is 2. The number of nitrogens with zero attached hydrogens (tertiary/aromatic N) is 3. The van der Waals surface area contributed by atoms with Crippen LogP contribution in [-0.2, 0) is 4.79 Å². The fraction of sp³-hybridized carbons (Fsp3) is 0.278. The lowest BCUT2D eigenvalue weighted by Gasteiger charge is -2.31. The molecule has 1 unspecified atom stereocenters. The van der Waals surface area contributed by atoms with Crippen LogP contribution in [0.4, 0.5) is 8.78 Å². The molecule has 1 aliphatic heterocycles. The van der Waals surface area contributed by atoms with Crippen molar-refractivity contribution in [3.63, 3.8) is 0 Å². The molecular formula is C18H17F2N3O. The van der Waals surface area contributed by atoms with E-state index in [9.17, 15) is 13.6 Å². The van der Waals surface area contributed by atoms with E-state index in [1.54, 1.807) is 11.1 Å². The third-order valence-electron chi connectivity index (χ3n) is 4.14. The second-order valence-electron chi connectivity index (χ2n) is 5.73. The summed E-state index contributed by atoms with van der Waals surface area (Å²) in [6.45, 7) is 1.21. The van der Waals surface area contributed by atoms with Crippen molar-refractivity contribution in [3.8, 4) is 0 Å².